The Morgan fingerprint density at radius 3 is 2.15 bits per heavy atom. The van der Waals surface area contributed by atoms with Gasteiger partial charge in [0.25, 0.3) is 0 Å². The fraction of sp³-hybridized carbons (Fsp3) is 0.900. The van der Waals surface area contributed by atoms with Crippen LogP contribution < -0.4 is 0 Å². The molecule has 3 aliphatic rings. The Hall–Kier alpha value is -1.30. The van der Waals surface area contributed by atoms with Crippen molar-refractivity contribution in [3.05, 3.63) is 0 Å². The van der Waals surface area contributed by atoms with Crippen LogP contribution in [0.15, 0.2) is 0 Å². The van der Waals surface area contributed by atoms with Crippen LogP contribution in [0.1, 0.15) is 58.3 Å². The zero-order valence-corrected chi connectivity index (χ0v) is 16.3. The Kier molecular flexibility index (Phi) is 7.17. The van der Waals surface area contributed by atoms with Crippen LogP contribution in [0.3, 0.4) is 0 Å². The zero-order chi connectivity index (χ0) is 18.4. The van der Waals surface area contributed by atoms with Crippen LogP contribution in [0.5, 0.6) is 0 Å². The maximum absolute atomic E-state index is 12.2. The summed E-state index contributed by atoms with van der Waals surface area (Å²) in [7, 11) is 0. The maximum Gasteiger partial charge on any atom is 0.409 e. The lowest BCUT2D eigenvalue weighted by Gasteiger charge is -2.41. The molecule has 0 bridgehead atoms. The minimum absolute atomic E-state index is 0.160. The number of hydrogen-bond donors (Lipinski definition) is 0. The van der Waals surface area contributed by atoms with E-state index >= 15 is 0 Å². The third-order valence-electron chi connectivity index (χ3n) is 6.38. The van der Waals surface area contributed by atoms with Crippen molar-refractivity contribution in [2.24, 2.45) is 5.92 Å². The van der Waals surface area contributed by atoms with Gasteiger partial charge in [-0.3, -0.25) is 4.79 Å². The third kappa shape index (κ3) is 5.12. The minimum Gasteiger partial charge on any atom is -0.450 e. The summed E-state index contributed by atoms with van der Waals surface area (Å²) in [5.74, 6) is 1.08. The third-order valence-corrected chi connectivity index (χ3v) is 6.38. The molecule has 148 valence electrons. The zero-order valence-electron chi connectivity index (χ0n) is 16.3. The van der Waals surface area contributed by atoms with Crippen LogP contribution in [-0.4, -0.2) is 78.6 Å². The van der Waals surface area contributed by atoms with Gasteiger partial charge in [-0.1, -0.05) is 0 Å². The monoisotopic (exact) mass is 365 g/mol. The summed E-state index contributed by atoms with van der Waals surface area (Å²) < 4.78 is 5.10. The lowest BCUT2D eigenvalue weighted by atomic mass is 9.90. The Labute approximate surface area is 157 Å². The number of rotatable bonds is 5. The van der Waals surface area contributed by atoms with E-state index in [4.69, 9.17) is 4.74 Å². The quantitative estimate of drug-likeness (QED) is 0.752. The van der Waals surface area contributed by atoms with Crippen molar-refractivity contribution in [1.82, 2.24) is 14.7 Å². The van der Waals surface area contributed by atoms with Gasteiger partial charge in [0.1, 0.15) is 0 Å². The summed E-state index contributed by atoms with van der Waals surface area (Å²) >= 11 is 0. The fourth-order valence-corrected chi connectivity index (χ4v) is 4.69. The highest BCUT2D eigenvalue weighted by Gasteiger charge is 2.30. The summed E-state index contributed by atoms with van der Waals surface area (Å²) in [5, 5.41) is 0. The number of ether oxygens (including phenoxy) is 1. The lowest BCUT2D eigenvalue weighted by molar-refractivity contribution is -0.130. The van der Waals surface area contributed by atoms with Gasteiger partial charge in [0, 0.05) is 38.6 Å². The molecule has 3 rings (SSSR count). The number of hydrogen-bond acceptors (Lipinski definition) is 4. The summed E-state index contributed by atoms with van der Waals surface area (Å²) in [6, 6.07) is 0.604. The van der Waals surface area contributed by atoms with Gasteiger partial charge in [-0.25, -0.2) is 4.79 Å². The van der Waals surface area contributed by atoms with Crippen molar-refractivity contribution in [3.8, 4) is 0 Å². The van der Waals surface area contributed by atoms with Crippen molar-refractivity contribution in [1.29, 1.82) is 0 Å². The molecule has 3 fully saturated rings. The molecule has 0 N–H and O–H groups in total. The molecule has 0 aromatic carbocycles. The van der Waals surface area contributed by atoms with Gasteiger partial charge in [-0.2, -0.15) is 0 Å². The average molecular weight is 366 g/mol. The molecule has 0 radical (unpaired) electrons. The molecule has 3 aliphatic heterocycles. The fourth-order valence-electron chi connectivity index (χ4n) is 4.69. The molecule has 0 aliphatic carbocycles. The van der Waals surface area contributed by atoms with Crippen molar-refractivity contribution in [2.45, 2.75) is 64.3 Å². The smallest absolute Gasteiger partial charge is 0.409 e. The van der Waals surface area contributed by atoms with Crippen LogP contribution >= 0.6 is 0 Å². The molecular weight excluding hydrogens is 330 g/mol. The van der Waals surface area contributed by atoms with Gasteiger partial charge in [0.2, 0.25) is 5.91 Å². The number of nitrogens with zero attached hydrogens (tertiary/aromatic N) is 3. The molecule has 6 nitrogen and oxygen atoms in total. The molecule has 0 aromatic heterocycles. The second kappa shape index (κ2) is 9.58. The summed E-state index contributed by atoms with van der Waals surface area (Å²) in [5.41, 5.74) is 0. The van der Waals surface area contributed by atoms with Crippen molar-refractivity contribution < 1.29 is 14.3 Å². The van der Waals surface area contributed by atoms with Gasteiger partial charge >= 0.3 is 6.09 Å². The number of likely N-dealkylation sites (tertiary alicyclic amines) is 3. The van der Waals surface area contributed by atoms with Crippen LogP contribution in [-0.2, 0) is 9.53 Å². The largest absolute Gasteiger partial charge is 0.450 e. The summed E-state index contributed by atoms with van der Waals surface area (Å²) in [6.07, 6.45) is 8.53. The van der Waals surface area contributed by atoms with E-state index in [2.05, 4.69) is 4.90 Å². The molecule has 26 heavy (non-hydrogen) atoms. The van der Waals surface area contributed by atoms with Gasteiger partial charge in [-0.05, 0) is 70.9 Å². The van der Waals surface area contributed by atoms with Crippen molar-refractivity contribution in [2.75, 3.05) is 45.9 Å². The van der Waals surface area contributed by atoms with E-state index < -0.39 is 0 Å². The molecule has 6 heteroatoms. The average Bonchev–Trinajstić information content (AvgIpc) is 3.22. The number of carbonyl (C=O) groups excluding carboxylic acids is 2. The van der Waals surface area contributed by atoms with Gasteiger partial charge in [0.15, 0.2) is 0 Å². The molecular formula is C20H35N3O3. The molecule has 3 saturated heterocycles. The van der Waals surface area contributed by atoms with E-state index in [1.54, 1.807) is 0 Å². The Morgan fingerprint density at radius 1 is 0.885 bits per heavy atom. The SMILES string of the molecule is CCOC(=O)N1CCC(N2CCC(CCC(=O)N3CCCC3)CC2)CC1. The van der Waals surface area contributed by atoms with Gasteiger partial charge in [0.05, 0.1) is 6.61 Å². The highest BCUT2D eigenvalue weighted by Crippen LogP contribution is 2.27. The molecule has 2 amide bonds. The summed E-state index contributed by atoms with van der Waals surface area (Å²) in [4.78, 5) is 30.5. The van der Waals surface area contributed by atoms with Crippen molar-refractivity contribution in [3.63, 3.8) is 0 Å². The maximum atomic E-state index is 12.2. The molecule has 0 aromatic rings. The first kappa shape index (κ1) is 19.5. The predicted octanol–water partition coefficient (Wildman–Crippen LogP) is 2.72. The first-order valence-corrected chi connectivity index (χ1v) is 10.6. The van der Waals surface area contributed by atoms with Gasteiger partial charge < -0.3 is 19.4 Å². The van der Waals surface area contributed by atoms with E-state index in [1.165, 1.54) is 25.7 Å². The molecule has 0 spiro atoms. The second-order valence-corrected chi connectivity index (χ2v) is 8.02. The molecule has 0 saturated carbocycles. The Balaban J connectivity index is 1.32. The normalized spacial score (nSPS) is 23.4. The van der Waals surface area contributed by atoms with E-state index in [0.29, 0.717) is 24.5 Å². The van der Waals surface area contributed by atoms with E-state index in [1.807, 2.05) is 16.7 Å². The molecule has 3 heterocycles. The number of piperidine rings is 2. The van der Waals surface area contributed by atoms with E-state index in [-0.39, 0.29) is 6.09 Å². The van der Waals surface area contributed by atoms with Crippen LogP contribution in [0.4, 0.5) is 4.79 Å². The van der Waals surface area contributed by atoms with Crippen LogP contribution in [0, 0.1) is 5.92 Å². The molecule has 0 unspecified atom stereocenters. The standard InChI is InChI=1S/C20H35N3O3/c1-2-26-20(25)23-15-9-18(10-16-23)21-13-7-17(8-14-21)5-6-19(24)22-11-3-4-12-22/h17-18H,2-16H2,1H3. The first-order valence-electron chi connectivity index (χ1n) is 10.6. The Morgan fingerprint density at radius 2 is 1.54 bits per heavy atom. The van der Waals surface area contributed by atoms with Crippen LogP contribution in [0.25, 0.3) is 0 Å². The Bertz CT molecular complexity index is 463. The second-order valence-electron chi connectivity index (χ2n) is 8.02. The van der Waals surface area contributed by atoms with Crippen molar-refractivity contribution >= 4 is 12.0 Å². The topological polar surface area (TPSA) is 53.1 Å². The number of amides is 2. The molecule has 0 atom stereocenters. The summed E-state index contributed by atoms with van der Waals surface area (Å²) in [6.45, 7) is 8.17. The highest BCUT2D eigenvalue weighted by atomic mass is 16.6. The van der Waals surface area contributed by atoms with Gasteiger partial charge in [-0.15, -0.1) is 0 Å². The lowest BCUT2D eigenvalue weighted by Crippen LogP contribution is -2.49. The van der Waals surface area contributed by atoms with E-state index in [0.717, 1.165) is 65.0 Å². The minimum atomic E-state index is -0.160. The highest BCUT2D eigenvalue weighted by molar-refractivity contribution is 5.76. The van der Waals surface area contributed by atoms with Crippen LogP contribution in [0.2, 0.25) is 0 Å². The first-order chi connectivity index (χ1) is 12.7. The number of carbonyl (C=O) groups is 2. The van der Waals surface area contributed by atoms with E-state index in [9.17, 15) is 9.59 Å². The predicted molar refractivity (Wildman–Crippen MR) is 101 cm³/mol.